The highest BCUT2D eigenvalue weighted by atomic mass is 32.2. The zero-order chi connectivity index (χ0) is 18.9. The lowest BCUT2D eigenvalue weighted by Gasteiger charge is -2.08. The Labute approximate surface area is 149 Å². The number of alkyl halides is 2. The van der Waals surface area contributed by atoms with Gasteiger partial charge in [0.15, 0.2) is 9.84 Å². The zero-order valence-corrected chi connectivity index (χ0v) is 14.4. The number of hydrogen-bond donors (Lipinski definition) is 0. The molecule has 1 aromatic heterocycles. The summed E-state index contributed by atoms with van der Waals surface area (Å²) in [6.07, 6.45) is -1.65. The largest absolute Gasteiger partial charge is 0.282 e. The van der Waals surface area contributed by atoms with Gasteiger partial charge in [0.2, 0.25) is 0 Å². The lowest BCUT2D eigenvalue weighted by atomic mass is 10.1. The van der Waals surface area contributed by atoms with Crippen LogP contribution < -0.4 is 0 Å². The predicted molar refractivity (Wildman–Crippen MR) is 91.8 cm³/mol. The van der Waals surface area contributed by atoms with E-state index in [1.165, 1.54) is 22.9 Å². The van der Waals surface area contributed by atoms with Gasteiger partial charge in [-0.15, -0.1) is 0 Å². The van der Waals surface area contributed by atoms with Crippen molar-refractivity contribution in [3.8, 4) is 23.0 Å². The van der Waals surface area contributed by atoms with Gasteiger partial charge < -0.3 is 0 Å². The Kier molecular flexibility index (Phi) is 4.57. The van der Waals surface area contributed by atoms with Crippen LogP contribution in [0.3, 0.4) is 0 Å². The Morgan fingerprint density at radius 1 is 1.08 bits per heavy atom. The summed E-state index contributed by atoms with van der Waals surface area (Å²) in [5.41, 5.74) is 1.50. The van der Waals surface area contributed by atoms with Crippen molar-refractivity contribution < 1.29 is 17.2 Å². The van der Waals surface area contributed by atoms with Crippen molar-refractivity contribution in [3.63, 3.8) is 0 Å². The number of halogens is 2. The molecule has 132 valence electrons. The number of sulfone groups is 1. The van der Waals surface area contributed by atoms with E-state index in [9.17, 15) is 17.2 Å². The molecule has 0 unspecified atom stereocenters. The standard InChI is InChI=1S/C18H13F2N3O2S/c1-26(24,25)15-8-4-13(5-9-15)17-10-16(18(19)20)22-23(17)14-6-2-12(11-21)3-7-14/h2-10,18H,1H3. The summed E-state index contributed by atoms with van der Waals surface area (Å²) in [5.74, 6) is 0. The van der Waals surface area contributed by atoms with Crippen LogP contribution in [0.25, 0.3) is 16.9 Å². The smallest absolute Gasteiger partial charge is 0.233 e. The minimum Gasteiger partial charge on any atom is -0.233 e. The lowest BCUT2D eigenvalue weighted by molar-refractivity contribution is 0.145. The van der Waals surface area contributed by atoms with Gasteiger partial charge in [-0.2, -0.15) is 10.4 Å². The first kappa shape index (κ1) is 17.8. The summed E-state index contributed by atoms with van der Waals surface area (Å²) < 4.78 is 50.8. The summed E-state index contributed by atoms with van der Waals surface area (Å²) in [4.78, 5) is 0.139. The molecule has 0 saturated heterocycles. The van der Waals surface area contributed by atoms with Crippen LogP contribution in [0, 0.1) is 11.3 Å². The number of nitrogens with zero attached hydrogens (tertiary/aromatic N) is 3. The third-order valence-electron chi connectivity index (χ3n) is 3.77. The fourth-order valence-electron chi connectivity index (χ4n) is 2.46. The van der Waals surface area contributed by atoms with Crippen LogP contribution >= 0.6 is 0 Å². The van der Waals surface area contributed by atoms with Crippen molar-refractivity contribution >= 4 is 9.84 Å². The predicted octanol–water partition coefficient (Wildman–Crippen LogP) is 3.75. The second kappa shape index (κ2) is 6.69. The van der Waals surface area contributed by atoms with Crippen molar-refractivity contribution in [1.82, 2.24) is 9.78 Å². The van der Waals surface area contributed by atoms with Crippen molar-refractivity contribution in [2.75, 3.05) is 6.26 Å². The molecule has 8 heteroatoms. The van der Waals surface area contributed by atoms with Gasteiger partial charge in [0.1, 0.15) is 5.69 Å². The second-order valence-corrected chi connectivity index (χ2v) is 7.64. The molecule has 0 radical (unpaired) electrons. The first-order valence-corrected chi connectivity index (χ1v) is 9.38. The van der Waals surface area contributed by atoms with E-state index in [-0.39, 0.29) is 4.90 Å². The number of aromatic nitrogens is 2. The van der Waals surface area contributed by atoms with Gasteiger partial charge in [-0.05, 0) is 42.5 Å². The van der Waals surface area contributed by atoms with E-state index in [4.69, 9.17) is 5.26 Å². The van der Waals surface area contributed by atoms with Gasteiger partial charge in [0.05, 0.1) is 27.9 Å². The number of benzene rings is 2. The fourth-order valence-corrected chi connectivity index (χ4v) is 3.09. The quantitative estimate of drug-likeness (QED) is 0.698. The van der Waals surface area contributed by atoms with Crippen molar-refractivity contribution in [3.05, 3.63) is 65.9 Å². The van der Waals surface area contributed by atoms with Crippen LogP contribution in [0.4, 0.5) is 8.78 Å². The van der Waals surface area contributed by atoms with Gasteiger partial charge >= 0.3 is 0 Å². The van der Waals surface area contributed by atoms with Crippen molar-refractivity contribution in [2.24, 2.45) is 0 Å². The fraction of sp³-hybridized carbons (Fsp3) is 0.111. The molecule has 3 aromatic rings. The van der Waals surface area contributed by atoms with E-state index in [0.29, 0.717) is 22.5 Å². The van der Waals surface area contributed by atoms with Crippen LogP contribution in [-0.2, 0) is 9.84 Å². The first-order chi connectivity index (χ1) is 12.3. The highest BCUT2D eigenvalue weighted by Gasteiger charge is 2.18. The third-order valence-corrected chi connectivity index (χ3v) is 4.90. The Bertz CT molecular complexity index is 1080. The minimum atomic E-state index is -3.35. The maximum absolute atomic E-state index is 13.1. The molecule has 3 rings (SSSR count). The van der Waals surface area contributed by atoms with Crippen LogP contribution in [-0.4, -0.2) is 24.5 Å². The van der Waals surface area contributed by atoms with Crippen LogP contribution in [0.1, 0.15) is 17.7 Å². The van der Waals surface area contributed by atoms with E-state index < -0.39 is 22.0 Å². The molecule has 0 saturated carbocycles. The van der Waals surface area contributed by atoms with Gasteiger partial charge in [-0.25, -0.2) is 21.9 Å². The molecule has 0 atom stereocenters. The lowest BCUT2D eigenvalue weighted by Crippen LogP contribution is -2.01. The molecule has 0 bridgehead atoms. The Balaban J connectivity index is 2.12. The average molecular weight is 373 g/mol. The Morgan fingerprint density at radius 3 is 2.19 bits per heavy atom. The number of rotatable bonds is 4. The number of nitriles is 1. The molecule has 0 aliphatic heterocycles. The van der Waals surface area contributed by atoms with Gasteiger partial charge in [0, 0.05) is 11.8 Å². The van der Waals surface area contributed by atoms with E-state index in [1.807, 2.05) is 6.07 Å². The Morgan fingerprint density at radius 2 is 1.69 bits per heavy atom. The molecule has 0 aliphatic rings. The topological polar surface area (TPSA) is 75.8 Å². The maximum atomic E-state index is 13.1. The molecular weight excluding hydrogens is 360 g/mol. The SMILES string of the molecule is CS(=O)(=O)c1ccc(-c2cc(C(F)F)nn2-c2ccc(C#N)cc2)cc1. The second-order valence-electron chi connectivity index (χ2n) is 5.62. The number of hydrogen-bond acceptors (Lipinski definition) is 4. The molecule has 5 nitrogen and oxygen atoms in total. The highest BCUT2D eigenvalue weighted by molar-refractivity contribution is 7.90. The molecule has 26 heavy (non-hydrogen) atoms. The minimum absolute atomic E-state index is 0.139. The molecule has 0 fully saturated rings. The highest BCUT2D eigenvalue weighted by Crippen LogP contribution is 2.29. The Hall–Kier alpha value is -3.05. The molecule has 1 heterocycles. The van der Waals surface area contributed by atoms with Gasteiger partial charge in [0.25, 0.3) is 6.43 Å². The normalized spacial score (nSPS) is 11.5. The van der Waals surface area contributed by atoms with Crippen molar-refractivity contribution in [2.45, 2.75) is 11.3 Å². The van der Waals surface area contributed by atoms with E-state index in [2.05, 4.69) is 5.10 Å². The van der Waals surface area contributed by atoms with E-state index in [1.54, 1.807) is 36.4 Å². The van der Waals surface area contributed by atoms with Crippen LogP contribution in [0.5, 0.6) is 0 Å². The summed E-state index contributed by atoms with van der Waals surface area (Å²) in [5, 5.41) is 12.8. The van der Waals surface area contributed by atoms with E-state index >= 15 is 0 Å². The maximum Gasteiger partial charge on any atom is 0.282 e. The summed E-state index contributed by atoms with van der Waals surface area (Å²) in [7, 11) is -3.35. The first-order valence-electron chi connectivity index (χ1n) is 7.49. The molecule has 0 amide bonds. The summed E-state index contributed by atoms with van der Waals surface area (Å²) >= 11 is 0. The van der Waals surface area contributed by atoms with E-state index in [0.717, 1.165) is 6.26 Å². The van der Waals surface area contributed by atoms with Gasteiger partial charge in [-0.3, -0.25) is 0 Å². The third kappa shape index (κ3) is 3.48. The molecule has 0 aliphatic carbocycles. The summed E-state index contributed by atoms with van der Waals surface area (Å²) in [6.45, 7) is 0. The molecule has 2 aromatic carbocycles. The monoisotopic (exact) mass is 373 g/mol. The van der Waals surface area contributed by atoms with Crippen LogP contribution in [0.15, 0.2) is 59.5 Å². The molecular formula is C18H13F2N3O2S. The zero-order valence-electron chi connectivity index (χ0n) is 13.6. The average Bonchev–Trinajstić information content (AvgIpc) is 3.07. The summed E-state index contributed by atoms with van der Waals surface area (Å²) in [6, 6.07) is 15.5. The van der Waals surface area contributed by atoms with Crippen LogP contribution in [0.2, 0.25) is 0 Å². The van der Waals surface area contributed by atoms with Gasteiger partial charge in [-0.1, -0.05) is 12.1 Å². The van der Waals surface area contributed by atoms with Crippen molar-refractivity contribution in [1.29, 1.82) is 5.26 Å². The molecule has 0 spiro atoms. The molecule has 0 N–H and O–H groups in total.